The molecule has 2 aliphatic rings. The second-order valence-electron chi connectivity index (χ2n) is 13.3. The maximum absolute atomic E-state index is 15.7. The smallest absolute Gasteiger partial charge is 0.337 e. The summed E-state index contributed by atoms with van der Waals surface area (Å²) in [5.74, 6) is -0.623. The predicted molar refractivity (Wildman–Crippen MR) is 174 cm³/mol. The Balaban J connectivity index is 1.58. The Morgan fingerprint density at radius 3 is 2.67 bits per heavy atom. The summed E-state index contributed by atoms with van der Waals surface area (Å²) in [6, 6.07) is 3.89. The lowest BCUT2D eigenvalue weighted by molar-refractivity contribution is -0.160. The van der Waals surface area contributed by atoms with Gasteiger partial charge in [-0.05, 0) is 103 Å². The van der Waals surface area contributed by atoms with Gasteiger partial charge in [-0.1, -0.05) is 0 Å². The molecule has 240 valence electrons. The summed E-state index contributed by atoms with van der Waals surface area (Å²) in [6.07, 6.45) is 1.17. The van der Waals surface area contributed by atoms with Gasteiger partial charge in [-0.2, -0.15) is 9.36 Å². The molecule has 6 rings (SSSR count). The van der Waals surface area contributed by atoms with Crippen molar-refractivity contribution >= 4 is 34.5 Å². The fourth-order valence-electron chi connectivity index (χ4n) is 6.57. The van der Waals surface area contributed by atoms with E-state index in [9.17, 15) is 9.90 Å². The van der Waals surface area contributed by atoms with Gasteiger partial charge in [-0.3, -0.25) is 0 Å². The van der Waals surface area contributed by atoms with Crippen LogP contribution in [0, 0.1) is 19.7 Å². The maximum atomic E-state index is 15.7. The van der Waals surface area contributed by atoms with Crippen molar-refractivity contribution in [1.29, 1.82) is 0 Å². The van der Waals surface area contributed by atoms with Gasteiger partial charge in [0.25, 0.3) is 0 Å². The minimum absolute atomic E-state index is 0.278. The van der Waals surface area contributed by atoms with Crippen LogP contribution in [0.1, 0.15) is 62.1 Å². The van der Waals surface area contributed by atoms with Gasteiger partial charge in [0, 0.05) is 53.9 Å². The monoisotopic (exact) mass is 636 g/mol. The van der Waals surface area contributed by atoms with Crippen molar-refractivity contribution in [1.82, 2.24) is 23.8 Å². The molecule has 45 heavy (non-hydrogen) atoms. The molecule has 1 saturated heterocycles. The number of carboxylic acid groups (broad SMARTS) is 1. The number of hydrogen-bond acceptors (Lipinski definition) is 9. The van der Waals surface area contributed by atoms with Crippen LogP contribution in [0.3, 0.4) is 0 Å². The molecule has 4 aromatic rings. The number of carbonyl (C=O) groups is 1. The van der Waals surface area contributed by atoms with Gasteiger partial charge in [0.2, 0.25) is 5.95 Å². The van der Waals surface area contributed by atoms with Gasteiger partial charge in [0.1, 0.15) is 5.65 Å². The van der Waals surface area contributed by atoms with E-state index >= 15 is 4.39 Å². The van der Waals surface area contributed by atoms with Gasteiger partial charge in [-0.15, -0.1) is 0 Å². The largest absolute Gasteiger partial charge is 0.490 e. The van der Waals surface area contributed by atoms with Crippen LogP contribution < -0.4 is 9.64 Å². The minimum Gasteiger partial charge on any atom is -0.490 e. The predicted octanol–water partition coefficient (Wildman–Crippen LogP) is 5.92. The van der Waals surface area contributed by atoms with Crippen molar-refractivity contribution in [2.75, 3.05) is 38.7 Å². The van der Waals surface area contributed by atoms with Crippen LogP contribution in [0.25, 0.3) is 32.9 Å². The molecule has 2 atom stereocenters. The molecule has 10 nitrogen and oxygen atoms in total. The molecule has 1 N–H and O–H groups in total. The third kappa shape index (κ3) is 5.68. The average molecular weight is 637 g/mol. The highest BCUT2D eigenvalue weighted by Crippen LogP contribution is 2.45. The first-order chi connectivity index (χ1) is 21.2. The number of halogens is 1. The molecule has 0 spiro atoms. The first kappa shape index (κ1) is 31.4. The third-order valence-electron chi connectivity index (χ3n) is 8.88. The molecular formula is C33H41FN6O4S. The van der Waals surface area contributed by atoms with E-state index in [0.29, 0.717) is 58.4 Å². The van der Waals surface area contributed by atoms with E-state index in [1.165, 1.54) is 17.6 Å². The first-order valence-electron chi connectivity index (χ1n) is 15.4. The topological polar surface area (TPSA) is 106 Å². The molecule has 1 aromatic carbocycles. The standard InChI is InChI=1S/C33H41FN6O4S/c1-17-20-10-9-13-43-27(20)23(34)14-21(17)26-22-15-24(30-36-32(37-45-30)40-12-11-19(16-40)38(6)7)39(8)29(22)35-18(2)25(26)28(31(41)42)44-33(3,4)5/h14-15,19,28H,9-13,16H2,1-8H3,(H,41,42)/t19-,28+/m1/s1. The summed E-state index contributed by atoms with van der Waals surface area (Å²) >= 11 is 1.32. The second kappa shape index (κ2) is 11.6. The fraction of sp³-hybridized carbons (Fsp3) is 0.515. The van der Waals surface area contributed by atoms with Crippen LogP contribution in [0.15, 0.2) is 12.1 Å². The Kier molecular flexibility index (Phi) is 8.11. The van der Waals surface area contributed by atoms with Crippen LogP contribution in [0.4, 0.5) is 10.3 Å². The molecule has 2 aliphatic heterocycles. The lowest BCUT2D eigenvalue weighted by Gasteiger charge is -2.29. The van der Waals surface area contributed by atoms with E-state index in [1.54, 1.807) is 6.92 Å². The highest BCUT2D eigenvalue weighted by atomic mass is 32.1. The van der Waals surface area contributed by atoms with Crippen LogP contribution >= 0.6 is 11.5 Å². The van der Waals surface area contributed by atoms with Crippen LogP contribution in [-0.4, -0.2) is 80.3 Å². The van der Waals surface area contributed by atoms with Crippen LogP contribution in [0.5, 0.6) is 5.75 Å². The van der Waals surface area contributed by atoms with E-state index in [2.05, 4.69) is 23.9 Å². The normalized spacial score (nSPS) is 17.6. The number of nitrogens with zero attached hydrogens (tertiary/aromatic N) is 6. The maximum Gasteiger partial charge on any atom is 0.337 e. The number of hydrogen-bond donors (Lipinski definition) is 1. The zero-order valence-electron chi connectivity index (χ0n) is 27.2. The van der Waals surface area contributed by atoms with Crippen molar-refractivity contribution in [3.05, 3.63) is 40.3 Å². The molecule has 0 amide bonds. The van der Waals surface area contributed by atoms with E-state index < -0.39 is 23.5 Å². The number of pyridine rings is 1. The van der Waals surface area contributed by atoms with Crippen molar-refractivity contribution < 1.29 is 23.8 Å². The molecule has 5 heterocycles. The number of carboxylic acids is 1. The zero-order chi connectivity index (χ0) is 32.4. The molecular weight excluding hydrogens is 595 g/mol. The Labute approximate surface area is 267 Å². The van der Waals surface area contributed by atoms with E-state index in [1.807, 2.05) is 45.4 Å². The summed E-state index contributed by atoms with van der Waals surface area (Å²) in [4.78, 5) is 27.2. The number of benzene rings is 1. The Hall–Kier alpha value is -3.61. The molecule has 0 aliphatic carbocycles. The van der Waals surface area contributed by atoms with Gasteiger partial charge < -0.3 is 28.9 Å². The molecule has 3 aromatic heterocycles. The van der Waals surface area contributed by atoms with E-state index in [4.69, 9.17) is 23.8 Å². The van der Waals surface area contributed by atoms with Gasteiger partial charge in [0.15, 0.2) is 22.7 Å². The van der Waals surface area contributed by atoms with Crippen LogP contribution in [-0.2, 0) is 23.0 Å². The number of aromatic nitrogens is 4. The summed E-state index contributed by atoms with van der Waals surface area (Å²) in [5.41, 5.74) is 4.44. The van der Waals surface area contributed by atoms with Gasteiger partial charge >= 0.3 is 5.97 Å². The second-order valence-corrected chi connectivity index (χ2v) is 14.1. The van der Waals surface area contributed by atoms with E-state index in [-0.39, 0.29) is 5.75 Å². The average Bonchev–Trinajstić information content (AvgIpc) is 3.72. The van der Waals surface area contributed by atoms with Crippen molar-refractivity contribution in [2.24, 2.45) is 7.05 Å². The molecule has 1 fully saturated rings. The number of rotatable bonds is 7. The van der Waals surface area contributed by atoms with Gasteiger partial charge in [0.05, 0.1) is 17.9 Å². The van der Waals surface area contributed by atoms with Crippen LogP contribution in [0.2, 0.25) is 0 Å². The van der Waals surface area contributed by atoms with E-state index in [0.717, 1.165) is 47.8 Å². The number of likely N-dealkylation sites (N-methyl/N-ethyl adjacent to an activating group) is 1. The zero-order valence-corrected chi connectivity index (χ0v) is 28.0. The van der Waals surface area contributed by atoms with Gasteiger partial charge in [-0.25, -0.2) is 14.2 Å². The first-order valence-corrected chi connectivity index (χ1v) is 16.1. The van der Waals surface area contributed by atoms with Crippen molar-refractivity contribution in [3.63, 3.8) is 0 Å². The Morgan fingerprint density at radius 1 is 1.24 bits per heavy atom. The SMILES string of the molecule is Cc1nc2c(cc(-c3nc(N4CC[C@@H](N(C)C)C4)ns3)n2C)c(-c2cc(F)c3c(c2C)CCCO3)c1[C@H](OC(C)(C)C)C(=O)O. The Morgan fingerprint density at radius 2 is 2.00 bits per heavy atom. The minimum atomic E-state index is -1.33. The molecule has 12 heteroatoms. The number of anilines is 1. The summed E-state index contributed by atoms with van der Waals surface area (Å²) in [7, 11) is 6.10. The number of aryl methyl sites for hydroxylation is 2. The quantitative estimate of drug-likeness (QED) is 0.265. The number of ether oxygens (including phenoxy) is 2. The summed E-state index contributed by atoms with van der Waals surface area (Å²) in [6.45, 7) is 11.4. The highest BCUT2D eigenvalue weighted by Gasteiger charge is 2.35. The molecule has 0 saturated carbocycles. The van der Waals surface area contributed by atoms with Crippen molar-refractivity contribution in [3.8, 4) is 27.6 Å². The molecule has 0 unspecified atom stereocenters. The number of aliphatic carboxylic acids is 1. The number of fused-ring (bicyclic) bond motifs is 2. The van der Waals surface area contributed by atoms with Crippen molar-refractivity contribution in [2.45, 2.75) is 71.6 Å². The lowest BCUT2D eigenvalue weighted by Crippen LogP contribution is -2.31. The molecule has 0 bridgehead atoms. The lowest BCUT2D eigenvalue weighted by atomic mass is 9.86. The fourth-order valence-corrected chi connectivity index (χ4v) is 7.31. The Bertz CT molecular complexity index is 1790. The summed E-state index contributed by atoms with van der Waals surface area (Å²) < 4.78 is 34.3. The third-order valence-corrected chi connectivity index (χ3v) is 9.61. The highest BCUT2D eigenvalue weighted by molar-refractivity contribution is 7.09. The summed E-state index contributed by atoms with van der Waals surface area (Å²) in [5, 5.41) is 11.9. The molecule has 0 radical (unpaired) electrons.